The summed E-state index contributed by atoms with van der Waals surface area (Å²) < 4.78 is 0. The van der Waals surface area contributed by atoms with Crippen LogP contribution in [0.3, 0.4) is 0 Å². The number of carbonyl (C=O) groups excluding carboxylic acids is 3. The number of aliphatic hydroxyl groups is 1. The van der Waals surface area contributed by atoms with Crippen LogP contribution in [-0.2, 0) is 14.4 Å². The first-order valence-electron chi connectivity index (χ1n) is 12.5. The largest absolute Gasteiger partial charge is 0.371 e. The van der Waals surface area contributed by atoms with Crippen molar-refractivity contribution in [3.05, 3.63) is 0 Å². The monoisotopic (exact) mass is 510 g/mol. The Balaban J connectivity index is 1.62. The number of nitrogens with zero attached hydrogens (tertiary/aromatic N) is 2. The standard InChI is InChI=1S/C22H42N10O4/c23-15(3-1-9-28-21(24)25)19(35)29-11-13-5-7-14(8-6-13)18(34)30-12-17(33)31-16-4-2-10-32(20(16)36)22(26)27/h13-16,20,36H,1-12,23H2,(H3,26,27)(H,29,35)(H,30,34)(H,31,33)(H4,24,25,28)/t13?,14?,15-,16-,20?/m0/s1. The van der Waals surface area contributed by atoms with Crippen molar-refractivity contribution in [2.75, 3.05) is 26.2 Å². The Morgan fingerprint density at radius 3 is 2.42 bits per heavy atom. The highest BCUT2D eigenvalue weighted by Gasteiger charge is 2.32. The average Bonchev–Trinajstić information content (AvgIpc) is 2.84. The van der Waals surface area contributed by atoms with Gasteiger partial charge in [-0.1, -0.05) is 0 Å². The number of likely N-dealkylation sites (tertiary alicyclic amines) is 1. The van der Waals surface area contributed by atoms with Gasteiger partial charge >= 0.3 is 0 Å². The smallest absolute Gasteiger partial charge is 0.239 e. The van der Waals surface area contributed by atoms with Gasteiger partial charge in [-0.15, -0.1) is 0 Å². The number of guanidine groups is 2. The van der Waals surface area contributed by atoms with E-state index in [4.69, 9.17) is 28.3 Å². The Hall–Kier alpha value is -3.13. The molecule has 0 radical (unpaired) electrons. The average molecular weight is 511 g/mol. The highest BCUT2D eigenvalue weighted by Crippen LogP contribution is 2.28. The number of nitrogens with two attached hydrogens (primary N) is 4. The normalized spacial score (nSPS) is 24.8. The highest BCUT2D eigenvalue weighted by molar-refractivity contribution is 5.86. The van der Waals surface area contributed by atoms with E-state index < -0.39 is 24.2 Å². The Kier molecular flexibility index (Phi) is 11.7. The number of carbonyl (C=O) groups is 3. The van der Waals surface area contributed by atoms with Gasteiger partial charge in [-0.3, -0.25) is 24.8 Å². The fourth-order valence-electron chi connectivity index (χ4n) is 4.61. The molecule has 2 fully saturated rings. The van der Waals surface area contributed by atoms with Gasteiger partial charge in [0, 0.05) is 25.6 Å². The quantitative estimate of drug-likeness (QED) is 0.0789. The molecule has 1 heterocycles. The Bertz CT molecular complexity index is 796. The first kappa shape index (κ1) is 29.1. The predicted octanol–water partition coefficient (Wildman–Crippen LogP) is -2.80. The van der Waals surface area contributed by atoms with Crippen molar-refractivity contribution in [2.45, 2.75) is 69.7 Å². The molecule has 2 aliphatic rings. The van der Waals surface area contributed by atoms with E-state index in [1.54, 1.807) is 0 Å². The number of piperidine rings is 1. The van der Waals surface area contributed by atoms with Crippen LogP contribution in [0.25, 0.3) is 0 Å². The van der Waals surface area contributed by atoms with E-state index in [0.717, 1.165) is 12.8 Å². The molecule has 1 saturated carbocycles. The van der Waals surface area contributed by atoms with Crippen molar-refractivity contribution >= 4 is 29.6 Å². The van der Waals surface area contributed by atoms with Crippen LogP contribution < -0.4 is 38.9 Å². The van der Waals surface area contributed by atoms with Crippen LogP contribution >= 0.6 is 0 Å². The summed E-state index contributed by atoms with van der Waals surface area (Å²) in [5.41, 5.74) is 21.9. The number of nitrogens with one attached hydrogen (secondary N) is 4. The fraction of sp³-hybridized carbons (Fsp3) is 0.773. The second-order valence-electron chi connectivity index (χ2n) is 9.54. The van der Waals surface area contributed by atoms with Gasteiger partial charge in [-0.2, -0.15) is 0 Å². The summed E-state index contributed by atoms with van der Waals surface area (Å²) in [4.78, 5) is 42.2. The molecule has 1 aliphatic heterocycles. The fourth-order valence-corrected chi connectivity index (χ4v) is 4.61. The van der Waals surface area contributed by atoms with Crippen LogP contribution in [-0.4, -0.2) is 84.1 Å². The maximum absolute atomic E-state index is 12.5. The molecule has 36 heavy (non-hydrogen) atoms. The molecular formula is C22H42N10O4. The van der Waals surface area contributed by atoms with Crippen LogP contribution in [0.15, 0.2) is 4.99 Å². The molecule has 13 N–H and O–H groups in total. The van der Waals surface area contributed by atoms with Crippen molar-refractivity contribution in [3.8, 4) is 0 Å². The van der Waals surface area contributed by atoms with E-state index in [1.807, 2.05) is 0 Å². The molecule has 14 nitrogen and oxygen atoms in total. The summed E-state index contributed by atoms with van der Waals surface area (Å²) in [5.74, 6) is -0.925. The highest BCUT2D eigenvalue weighted by atomic mass is 16.3. The van der Waals surface area contributed by atoms with E-state index in [9.17, 15) is 19.5 Å². The van der Waals surface area contributed by atoms with Crippen molar-refractivity contribution in [2.24, 2.45) is 39.8 Å². The zero-order valence-corrected chi connectivity index (χ0v) is 20.7. The molecule has 3 atom stereocenters. The first-order chi connectivity index (χ1) is 17.1. The minimum atomic E-state index is -1.06. The zero-order valence-electron chi connectivity index (χ0n) is 20.7. The van der Waals surface area contributed by atoms with Crippen molar-refractivity contribution < 1.29 is 19.5 Å². The number of rotatable bonds is 11. The molecule has 0 spiro atoms. The minimum Gasteiger partial charge on any atom is -0.371 e. The van der Waals surface area contributed by atoms with Crippen LogP contribution in [0.5, 0.6) is 0 Å². The summed E-state index contributed by atoms with van der Waals surface area (Å²) >= 11 is 0. The van der Waals surface area contributed by atoms with Crippen LogP contribution in [0.1, 0.15) is 51.4 Å². The zero-order chi connectivity index (χ0) is 26.7. The number of aliphatic hydroxyl groups excluding tert-OH is 1. The summed E-state index contributed by atoms with van der Waals surface area (Å²) in [6.07, 6.45) is 4.21. The maximum Gasteiger partial charge on any atom is 0.239 e. The van der Waals surface area contributed by atoms with Crippen molar-refractivity contribution in [1.29, 1.82) is 5.41 Å². The molecule has 0 aromatic heterocycles. The van der Waals surface area contributed by atoms with Crippen molar-refractivity contribution in [3.63, 3.8) is 0 Å². The summed E-state index contributed by atoms with van der Waals surface area (Å²) in [7, 11) is 0. The van der Waals surface area contributed by atoms with Crippen LogP contribution in [0, 0.1) is 17.2 Å². The minimum absolute atomic E-state index is 0.0158. The SMILES string of the molecule is N=C(N)N1CCC[C@H](NC(=O)CNC(=O)C2CCC(CNC(=O)[C@@H](N)CCCN=C(N)N)CC2)C1O. The van der Waals surface area contributed by atoms with Gasteiger partial charge in [0.1, 0.15) is 6.23 Å². The van der Waals surface area contributed by atoms with Crippen molar-refractivity contribution in [1.82, 2.24) is 20.9 Å². The molecule has 3 amide bonds. The molecule has 1 aliphatic carbocycles. The summed E-state index contributed by atoms with van der Waals surface area (Å²) in [6, 6.07) is -1.17. The Labute approximate surface area is 211 Å². The molecule has 204 valence electrons. The Morgan fingerprint density at radius 2 is 1.78 bits per heavy atom. The molecule has 0 aromatic rings. The molecule has 1 saturated heterocycles. The number of amides is 3. The van der Waals surface area contributed by atoms with E-state index in [1.165, 1.54) is 4.90 Å². The second kappa shape index (κ2) is 14.4. The van der Waals surface area contributed by atoms with Crippen LogP contribution in [0.4, 0.5) is 0 Å². The van der Waals surface area contributed by atoms with E-state index >= 15 is 0 Å². The third kappa shape index (κ3) is 9.49. The molecule has 0 bridgehead atoms. The first-order valence-corrected chi connectivity index (χ1v) is 12.5. The van der Waals surface area contributed by atoms with Gasteiger partial charge in [0.15, 0.2) is 11.9 Å². The third-order valence-electron chi connectivity index (χ3n) is 6.76. The molecule has 1 unspecified atom stereocenters. The van der Waals surface area contributed by atoms with E-state index in [-0.39, 0.29) is 42.1 Å². The van der Waals surface area contributed by atoms with Crippen LogP contribution in [0.2, 0.25) is 0 Å². The van der Waals surface area contributed by atoms with Gasteiger partial charge in [0.25, 0.3) is 0 Å². The Morgan fingerprint density at radius 1 is 1.08 bits per heavy atom. The van der Waals surface area contributed by atoms with E-state index in [2.05, 4.69) is 20.9 Å². The van der Waals surface area contributed by atoms with Gasteiger partial charge < -0.3 is 48.9 Å². The lowest BCUT2D eigenvalue weighted by Crippen LogP contribution is -2.59. The predicted molar refractivity (Wildman–Crippen MR) is 135 cm³/mol. The van der Waals surface area contributed by atoms with Gasteiger partial charge in [-0.25, -0.2) is 0 Å². The molecule has 0 aromatic carbocycles. The van der Waals surface area contributed by atoms with Gasteiger partial charge in [0.2, 0.25) is 17.7 Å². The van der Waals surface area contributed by atoms with Gasteiger partial charge in [0.05, 0.1) is 18.6 Å². The second-order valence-corrected chi connectivity index (χ2v) is 9.54. The molecule has 14 heteroatoms. The lowest BCUT2D eigenvalue weighted by Gasteiger charge is -2.38. The topological polar surface area (TPSA) is 251 Å². The number of hydrogen-bond acceptors (Lipinski definition) is 7. The van der Waals surface area contributed by atoms with E-state index in [0.29, 0.717) is 58.2 Å². The maximum atomic E-state index is 12.5. The number of hydrogen-bond donors (Lipinski definition) is 9. The number of aliphatic imine (C=N–C) groups is 1. The van der Waals surface area contributed by atoms with Gasteiger partial charge in [-0.05, 0) is 57.3 Å². The molecular weight excluding hydrogens is 468 g/mol. The molecule has 2 rings (SSSR count). The summed E-state index contributed by atoms with van der Waals surface area (Å²) in [5, 5.41) is 26.1. The lowest BCUT2D eigenvalue weighted by atomic mass is 9.81. The summed E-state index contributed by atoms with van der Waals surface area (Å²) in [6.45, 7) is 1.22. The lowest BCUT2D eigenvalue weighted by molar-refractivity contribution is -0.130. The third-order valence-corrected chi connectivity index (χ3v) is 6.76.